The minimum atomic E-state index is -4.41. The Morgan fingerprint density at radius 1 is 1.35 bits per heavy atom. The third-order valence-electron chi connectivity index (χ3n) is 3.94. The molecule has 0 radical (unpaired) electrons. The largest absolute Gasteiger partial charge is 0.469 e. The molecule has 0 spiro atoms. The zero-order chi connectivity index (χ0) is 16.6. The average Bonchev–Trinajstić information content (AvgIpc) is 2.96. The van der Waals surface area contributed by atoms with E-state index in [1.54, 1.807) is 10.6 Å². The van der Waals surface area contributed by atoms with Crippen molar-refractivity contribution >= 4 is 5.97 Å². The Balaban J connectivity index is 1.93. The lowest BCUT2D eigenvalue weighted by Crippen LogP contribution is -2.27. The van der Waals surface area contributed by atoms with Gasteiger partial charge < -0.3 is 9.30 Å². The molecule has 0 bridgehead atoms. The van der Waals surface area contributed by atoms with Crippen LogP contribution in [0.5, 0.6) is 0 Å². The second-order valence-corrected chi connectivity index (χ2v) is 5.38. The number of carbonyl (C=O) groups is 1. The third-order valence-corrected chi connectivity index (χ3v) is 3.94. The van der Waals surface area contributed by atoms with E-state index in [4.69, 9.17) is 4.74 Å². The highest BCUT2D eigenvalue weighted by atomic mass is 19.4. The number of benzene rings is 1. The zero-order valence-electron chi connectivity index (χ0n) is 12.3. The average molecular weight is 325 g/mol. The number of hydrogen-bond donors (Lipinski definition) is 0. The number of aromatic nitrogens is 3. The van der Waals surface area contributed by atoms with Crippen molar-refractivity contribution in [1.82, 2.24) is 14.8 Å². The minimum Gasteiger partial charge on any atom is -0.469 e. The van der Waals surface area contributed by atoms with Crippen molar-refractivity contribution in [3.8, 4) is 11.4 Å². The van der Waals surface area contributed by atoms with E-state index in [9.17, 15) is 18.0 Å². The highest BCUT2D eigenvalue weighted by molar-refractivity contribution is 5.72. The summed E-state index contributed by atoms with van der Waals surface area (Å²) in [6.07, 6.45) is -3.49. The Morgan fingerprint density at radius 2 is 2.13 bits per heavy atom. The molecule has 3 rings (SSSR count). The summed E-state index contributed by atoms with van der Waals surface area (Å²) in [5.74, 6) is 0.374. The van der Waals surface area contributed by atoms with Gasteiger partial charge in [-0.2, -0.15) is 13.2 Å². The molecule has 0 saturated carbocycles. The smallest absolute Gasteiger partial charge is 0.416 e. The fourth-order valence-corrected chi connectivity index (χ4v) is 2.74. The number of nitrogens with zero attached hydrogens (tertiary/aromatic N) is 3. The molecule has 1 aliphatic heterocycles. The number of alkyl halides is 3. The maximum Gasteiger partial charge on any atom is 0.416 e. The molecule has 2 aromatic rings. The fraction of sp³-hybridized carbons (Fsp3) is 0.400. The standard InChI is InChI=1S/C15H14F3N3O2/c1-23-14(22)10-5-6-21-12(8-10)19-20-13(21)9-3-2-4-11(7-9)15(16,17)18/h2-4,7,10H,5-6,8H2,1H3. The predicted molar refractivity (Wildman–Crippen MR) is 74.3 cm³/mol. The number of hydrogen-bond acceptors (Lipinski definition) is 4. The molecule has 8 heteroatoms. The number of rotatable bonds is 2. The Bertz CT molecular complexity index is 740. The molecule has 1 aromatic carbocycles. The SMILES string of the molecule is COC(=O)C1CCn2c(nnc2-c2cccc(C(F)(F)F)c2)C1. The number of fused-ring (bicyclic) bond motifs is 1. The lowest BCUT2D eigenvalue weighted by Gasteiger charge is -2.21. The van der Waals surface area contributed by atoms with Crippen molar-refractivity contribution in [2.45, 2.75) is 25.6 Å². The molecule has 0 fully saturated rings. The number of halogens is 3. The molecule has 1 unspecified atom stereocenters. The molecule has 23 heavy (non-hydrogen) atoms. The number of esters is 1. The quantitative estimate of drug-likeness (QED) is 0.797. The van der Waals surface area contributed by atoms with Crippen molar-refractivity contribution < 1.29 is 22.7 Å². The fourth-order valence-electron chi connectivity index (χ4n) is 2.74. The predicted octanol–water partition coefficient (Wildman–Crippen LogP) is 2.70. The van der Waals surface area contributed by atoms with Crippen LogP contribution in [0, 0.1) is 5.92 Å². The molecule has 1 atom stereocenters. The van der Waals surface area contributed by atoms with Crippen LogP contribution in [0.3, 0.4) is 0 Å². The van der Waals surface area contributed by atoms with Crippen LogP contribution in [0.15, 0.2) is 24.3 Å². The molecule has 0 N–H and O–H groups in total. The highest BCUT2D eigenvalue weighted by Gasteiger charge is 2.32. The van der Waals surface area contributed by atoms with E-state index in [0.717, 1.165) is 12.1 Å². The highest BCUT2D eigenvalue weighted by Crippen LogP contribution is 2.33. The summed E-state index contributed by atoms with van der Waals surface area (Å²) < 4.78 is 45.0. The first kappa shape index (κ1) is 15.5. The van der Waals surface area contributed by atoms with Gasteiger partial charge in [-0.3, -0.25) is 4.79 Å². The molecule has 122 valence electrons. The van der Waals surface area contributed by atoms with Crippen molar-refractivity contribution in [2.75, 3.05) is 7.11 Å². The molecule has 1 aliphatic rings. The number of methoxy groups -OCH3 is 1. The molecule has 0 amide bonds. The lowest BCUT2D eigenvalue weighted by molar-refractivity contribution is -0.146. The van der Waals surface area contributed by atoms with Crippen LogP contribution in [-0.4, -0.2) is 27.8 Å². The molecule has 1 aromatic heterocycles. The molecule has 5 nitrogen and oxygen atoms in total. The van der Waals surface area contributed by atoms with Crippen molar-refractivity contribution in [2.24, 2.45) is 5.92 Å². The van der Waals surface area contributed by atoms with Gasteiger partial charge in [0.25, 0.3) is 0 Å². The Morgan fingerprint density at radius 3 is 2.83 bits per heavy atom. The minimum absolute atomic E-state index is 0.286. The third kappa shape index (κ3) is 2.93. The van der Waals surface area contributed by atoms with E-state index in [-0.39, 0.29) is 11.9 Å². The van der Waals surface area contributed by atoms with E-state index in [1.165, 1.54) is 13.2 Å². The molecular weight excluding hydrogens is 311 g/mol. The number of carbonyl (C=O) groups excluding carboxylic acids is 1. The van der Waals surface area contributed by atoms with Gasteiger partial charge in [0, 0.05) is 18.5 Å². The van der Waals surface area contributed by atoms with Gasteiger partial charge in [0.15, 0.2) is 5.82 Å². The van der Waals surface area contributed by atoms with Crippen LogP contribution in [0.4, 0.5) is 13.2 Å². The van der Waals surface area contributed by atoms with E-state index in [1.807, 2.05) is 0 Å². The summed E-state index contributed by atoms with van der Waals surface area (Å²) in [5.41, 5.74) is -0.370. The Hall–Kier alpha value is -2.38. The van der Waals surface area contributed by atoms with Gasteiger partial charge in [0.1, 0.15) is 5.82 Å². The maximum atomic E-state index is 12.8. The van der Waals surface area contributed by atoms with Gasteiger partial charge in [-0.1, -0.05) is 12.1 Å². The zero-order valence-corrected chi connectivity index (χ0v) is 12.3. The summed E-state index contributed by atoms with van der Waals surface area (Å²) in [6.45, 7) is 0.466. The molecular formula is C15H14F3N3O2. The summed E-state index contributed by atoms with van der Waals surface area (Å²) in [6, 6.07) is 4.99. The number of ether oxygens (including phenoxy) is 1. The van der Waals surface area contributed by atoms with Crippen LogP contribution in [-0.2, 0) is 28.7 Å². The van der Waals surface area contributed by atoms with Crippen LogP contribution < -0.4 is 0 Å². The lowest BCUT2D eigenvalue weighted by atomic mass is 9.97. The van der Waals surface area contributed by atoms with Gasteiger partial charge in [0.05, 0.1) is 18.6 Å². The van der Waals surface area contributed by atoms with Crippen LogP contribution in [0.1, 0.15) is 17.8 Å². The van der Waals surface area contributed by atoms with Crippen LogP contribution in [0.2, 0.25) is 0 Å². The van der Waals surface area contributed by atoms with E-state index in [2.05, 4.69) is 10.2 Å². The topological polar surface area (TPSA) is 57.0 Å². The summed E-state index contributed by atoms with van der Waals surface area (Å²) in [7, 11) is 1.33. The van der Waals surface area contributed by atoms with Gasteiger partial charge >= 0.3 is 12.1 Å². The maximum absolute atomic E-state index is 12.8. The van der Waals surface area contributed by atoms with E-state index in [0.29, 0.717) is 36.6 Å². The van der Waals surface area contributed by atoms with E-state index < -0.39 is 11.7 Å². The summed E-state index contributed by atoms with van der Waals surface area (Å²) >= 11 is 0. The Labute approximate surface area is 130 Å². The molecule has 2 heterocycles. The monoisotopic (exact) mass is 325 g/mol. The van der Waals surface area contributed by atoms with Crippen LogP contribution in [0.25, 0.3) is 11.4 Å². The first-order chi connectivity index (χ1) is 10.9. The summed E-state index contributed by atoms with van der Waals surface area (Å²) in [5, 5.41) is 8.02. The first-order valence-electron chi connectivity index (χ1n) is 7.07. The van der Waals surface area contributed by atoms with Gasteiger partial charge in [-0.25, -0.2) is 0 Å². The second kappa shape index (κ2) is 5.68. The molecule has 0 saturated heterocycles. The van der Waals surface area contributed by atoms with Crippen molar-refractivity contribution in [3.63, 3.8) is 0 Å². The first-order valence-corrected chi connectivity index (χ1v) is 7.07. The normalized spacial score (nSPS) is 17.7. The van der Waals surface area contributed by atoms with Crippen molar-refractivity contribution in [1.29, 1.82) is 0 Å². The molecule has 0 aliphatic carbocycles. The van der Waals surface area contributed by atoms with E-state index >= 15 is 0 Å². The second-order valence-electron chi connectivity index (χ2n) is 5.38. The van der Waals surface area contributed by atoms with Crippen molar-refractivity contribution in [3.05, 3.63) is 35.7 Å². The Kier molecular flexibility index (Phi) is 3.83. The van der Waals surface area contributed by atoms with Gasteiger partial charge in [0.2, 0.25) is 0 Å². The van der Waals surface area contributed by atoms with Crippen LogP contribution >= 0.6 is 0 Å². The summed E-state index contributed by atoms with van der Waals surface area (Å²) in [4.78, 5) is 11.6. The van der Waals surface area contributed by atoms with Gasteiger partial charge in [-0.15, -0.1) is 10.2 Å². The van der Waals surface area contributed by atoms with Gasteiger partial charge in [-0.05, 0) is 18.6 Å².